The lowest BCUT2D eigenvalue weighted by atomic mass is 10.1. The summed E-state index contributed by atoms with van der Waals surface area (Å²) in [6, 6.07) is 6.11. The number of carbonyl (C=O) groups excluding carboxylic acids is 2. The van der Waals surface area contributed by atoms with Crippen LogP contribution in [0.2, 0.25) is 0 Å². The van der Waals surface area contributed by atoms with Gasteiger partial charge in [-0.05, 0) is 47.3 Å². The van der Waals surface area contributed by atoms with Gasteiger partial charge < -0.3 is 10.6 Å². The van der Waals surface area contributed by atoms with Crippen LogP contribution in [-0.4, -0.2) is 44.3 Å². The summed E-state index contributed by atoms with van der Waals surface area (Å²) in [5, 5.41) is 5.60. The van der Waals surface area contributed by atoms with E-state index in [4.69, 9.17) is 0 Å². The van der Waals surface area contributed by atoms with Gasteiger partial charge in [-0.3, -0.25) is 9.59 Å². The zero-order chi connectivity index (χ0) is 18.4. The number of hydrogen-bond donors (Lipinski definition) is 2. The SMILES string of the molecule is CS(=O)(=O)CCC(NC(=O)c1ccccc1Br)C(=O)NC1CCCC1. The van der Waals surface area contributed by atoms with Crippen molar-refractivity contribution in [2.75, 3.05) is 12.0 Å². The fourth-order valence-corrected chi connectivity index (χ4v) is 3.98. The van der Waals surface area contributed by atoms with Gasteiger partial charge in [0.05, 0.1) is 11.3 Å². The average molecular weight is 431 g/mol. The van der Waals surface area contributed by atoms with E-state index in [-0.39, 0.29) is 24.1 Å². The molecular formula is C17H23BrN2O4S. The van der Waals surface area contributed by atoms with Crippen LogP contribution >= 0.6 is 15.9 Å². The van der Waals surface area contributed by atoms with Crippen molar-refractivity contribution in [1.82, 2.24) is 10.6 Å². The number of carbonyl (C=O) groups is 2. The summed E-state index contributed by atoms with van der Waals surface area (Å²) >= 11 is 3.31. The molecule has 1 aliphatic carbocycles. The number of amides is 2. The lowest BCUT2D eigenvalue weighted by Gasteiger charge is -2.21. The van der Waals surface area contributed by atoms with Crippen molar-refractivity contribution in [2.45, 2.75) is 44.2 Å². The number of nitrogens with one attached hydrogen (secondary N) is 2. The van der Waals surface area contributed by atoms with E-state index in [9.17, 15) is 18.0 Å². The molecule has 1 saturated carbocycles. The number of halogens is 1. The van der Waals surface area contributed by atoms with Crippen molar-refractivity contribution in [1.29, 1.82) is 0 Å². The van der Waals surface area contributed by atoms with Gasteiger partial charge in [0, 0.05) is 16.8 Å². The molecule has 6 nitrogen and oxygen atoms in total. The summed E-state index contributed by atoms with van der Waals surface area (Å²) in [6.45, 7) is 0. The maximum absolute atomic E-state index is 12.5. The second-order valence-corrected chi connectivity index (χ2v) is 9.53. The molecule has 1 aromatic rings. The number of benzene rings is 1. The van der Waals surface area contributed by atoms with Gasteiger partial charge in [-0.15, -0.1) is 0 Å². The molecule has 0 saturated heterocycles. The summed E-state index contributed by atoms with van der Waals surface area (Å²) in [6.07, 6.45) is 5.15. The van der Waals surface area contributed by atoms with Gasteiger partial charge in [-0.25, -0.2) is 8.42 Å². The Hall–Kier alpha value is -1.41. The molecule has 2 amide bonds. The molecule has 0 bridgehead atoms. The quantitative estimate of drug-likeness (QED) is 0.691. The molecule has 1 unspecified atom stereocenters. The lowest BCUT2D eigenvalue weighted by molar-refractivity contribution is -0.123. The van der Waals surface area contributed by atoms with Crippen LogP contribution < -0.4 is 10.6 Å². The molecule has 25 heavy (non-hydrogen) atoms. The van der Waals surface area contributed by atoms with Crippen molar-refractivity contribution in [3.63, 3.8) is 0 Å². The second-order valence-electron chi connectivity index (χ2n) is 6.41. The normalized spacial score (nSPS) is 16.4. The van der Waals surface area contributed by atoms with Crippen molar-refractivity contribution >= 4 is 37.6 Å². The van der Waals surface area contributed by atoms with Crippen LogP contribution in [0.3, 0.4) is 0 Å². The van der Waals surface area contributed by atoms with E-state index in [0.717, 1.165) is 31.9 Å². The smallest absolute Gasteiger partial charge is 0.253 e. The predicted molar refractivity (Wildman–Crippen MR) is 100 cm³/mol. The maximum Gasteiger partial charge on any atom is 0.253 e. The maximum atomic E-state index is 12.5. The first-order valence-corrected chi connectivity index (χ1v) is 11.1. The van der Waals surface area contributed by atoms with Gasteiger partial charge in [-0.1, -0.05) is 25.0 Å². The highest BCUT2D eigenvalue weighted by molar-refractivity contribution is 9.10. The summed E-state index contributed by atoms with van der Waals surface area (Å²) in [7, 11) is -3.23. The topological polar surface area (TPSA) is 92.3 Å². The molecule has 0 aliphatic heterocycles. The van der Waals surface area contributed by atoms with Crippen molar-refractivity contribution in [3.8, 4) is 0 Å². The Bertz CT molecular complexity index is 730. The Morgan fingerprint density at radius 2 is 1.88 bits per heavy atom. The Morgan fingerprint density at radius 3 is 2.48 bits per heavy atom. The summed E-state index contributed by atoms with van der Waals surface area (Å²) in [4.78, 5) is 25.0. The van der Waals surface area contributed by atoms with E-state index in [1.54, 1.807) is 24.3 Å². The Kier molecular flexibility index (Phi) is 7.01. The van der Waals surface area contributed by atoms with E-state index >= 15 is 0 Å². The Labute approximate surface area is 156 Å². The van der Waals surface area contributed by atoms with E-state index in [0.29, 0.717) is 10.0 Å². The van der Waals surface area contributed by atoms with Crippen LogP contribution in [-0.2, 0) is 14.6 Å². The molecule has 2 N–H and O–H groups in total. The first kappa shape index (κ1) is 19.9. The monoisotopic (exact) mass is 430 g/mol. The van der Waals surface area contributed by atoms with Gasteiger partial charge in [0.1, 0.15) is 15.9 Å². The molecular weight excluding hydrogens is 408 g/mol. The first-order chi connectivity index (χ1) is 11.8. The summed E-state index contributed by atoms with van der Waals surface area (Å²) in [5.41, 5.74) is 0.403. The highest BCUT2D eigenvalue weighted by atomic mass is 79.9. The zero-order valence-corrected chi connectivity index (χ0v) is 16.5. The third-order valence-corrected chi connectivity index (χ3v) is 5.89. The highest BCUT2D eigenvalue weighted by Crippen LogP contribution is 2.18. The van der Waals surface area contributed by atoms with Crippen LogP contribution in [0, 0.1) is 0 Å². The third kappa shape index (κ3) is 6.43. The standard InChI is InChI=1S/C17H23BrN2O4S/c1-25(23,24)11-10-15(17(22)19-12-6-2-3-7-12)20-16(21)13-8-4-5-9-14(13)18/h4-5,8-9,12,15H,2-3,6-7,10-11H2,1H3,(H,19,22)(H,20,21). The molecule has 2 rings (SSSR count). The van der Waals surface area contributed by atoms with Gasteiger partial charge in [0.15, 0.2) is 0 Å². The third-order valence-electron chi connectivity index (χ3n) is 4.22. The van der Waals surface area contributed by atoms with E-state index < -0.39 is 21.8 Å². The minimum Gasteiger partial charge on any atom is -0.352 e. The number of sulfone groups is 1. The predicted octanol–water partition coefficient (Wildman–Crippen LogP) is 2.04. The summed E-state index contributed by atoms with van der Waals surface area (Å²) in [5.74, 6) is -0.894. The van der Waals surface area contributed by atoms with Crippen LogP contribution in [0.5, 0.6) is 0 Å². The van der Waals surface area contributed by atoms with Crippen LogP contribution in [0.15, 0.2) is 28.7 Å². The molecule has 0 spiro atoms. The average Bonchev–Trinajstić information content (AvgIpc) is 3.03. The second kappa shape index (κ2) is 8.80. The van der Waals surface area contributed by atoms with E-state index in [2.05, 4.69) is 26.6 Å². The molecule has 138 valence electrons. The molecule has 0 heterocycles. The molecule has 0 aromatic heterocycles. The van der Waals surface area contributed by atoms with Crippen LogP contribution in [0.4, 0.5) is 0 Å². The van der Waals surface area contributed by atoms with Gasteiger partial charge in [0.25, 0.3) is 5.91 Å². The van der Waals surface area contributed by atoms with Crippen molar-refractivity contribution in [3.05, 3.63) is 34.3 Å². The highest BCUT2D eigenvalue weighted by Gasteiger charge is 2.26. The fourth-order valence-electron chi connectivity index (χ4n) is 2.85. The fraction of sp³-hybridized carbons (Fsp3) is 0.529. The molecule has 1 atom stereocenters. The van der Waals surface area contributed by atoms with Gasteiger partial charge in [0.2, 0.25) is 5.91 Å². The van der Waals surface area contributed by atoms with Crippen LogP contribution in [0.25, 0.3) is 0 Å². The molecule has 1 fully saturated rings. The molecule has 1 aliphatic rings. The molecule has 1 aromatic carbocycles. The Morgan fingerprint density at radius 1 is 1.24 bits per heavy atom. The van der Waals surface area contributed by atoms with Crippen molar-refractivity contribution in [2.24, 2.45) is 0 Å². The Balaban J connectivity index is 2.08. The largest absolute Gasteiger partial charge is 0.352 e. The number of rotatable bonds is 7. The minimum atomic E-state index is -3.23. The number of hydrogen-bond acceptors (Lipinski definition) is 4. The van der Waals surface area contributed by atoms with Gasteiger partial charge in [-0.2, -0.15) is 0 Å². The molecule has 8 heteroatoms. The lowest BCUT2D eigenvalue weighted by Crippen LogP contribution is -2.49. The minimum absolute atomic E-state index is 0.0492. The van der Waals surface area contributed by atoms with Gasteiger partial charge >= 0.3 is 0 Å². The first-order valence-electron chi connectivity index (χ1n) is 8.30. The van der Waals surface area contributed by atoms with E-state index in [1.807, 2.05) is 0 Å². The summed E-state index contributed by atoms with van der Waals surface area (Å²) < 4.78 is 23.5. The van der Waals surface area contributed by atoms with Crippen LogP contribution in [0.1, 0.15) is 42.5 Å². The van der Waals surface area contributed by atoms with Crippen molar-refractivity contribution < 1.29 is 18.0 Å². The molecule has 0 radical (unpaired) electrons. The van der Waals surface area contributed by atoms with E-state index in [1.165, 1.54) is 0 Å². The zero-order valence-electron chi connectivity index (χ0n) is 14.1.